The molecule has 1 aliphatic carbocycles. The van der Waals surface area contributed by atoms with Crippen LogP contribution in [0.1, 0.15) is 15.9 Å². The molecule has 5 heteroatoms. The van der Waals surface area contributed by atoms with Crippen molar-refractivity contribution >= 4 is 17.2 Å². The minimum Gasteiger partial charge on any atom is -0.497 e. The van der Waals surface area contributed by atoms with Crippen molar-refractivity contribution in [1.29, 1.82) is 5.39 Å². The number of nitrogens with zero attached hydrogens (tertiary/aromatic N) is 2. The highest BCUT2D eigenvalue weighted by molar-refractivity contribution is 6.22. The van der Waals surface area contributed by atoms with E-state index in [0.29, 0.717) is 11.3 Å². The van der Waals surface area contributed by atoms with Crippen molar-refractivity contribution in [3.63, 3.8) is 0 Å². The van der Waals surface area contributed by atoms with Gasteiger partial charge in [0.2, 0.25) is 5.39 Å². The highest BCUT2D eigenvalue weighted by Crippen LogP contribution is 2.34. The molecule has 0 heterocycles. The van der Waals surface area contributed by atoms with Gasteiger partial charge in [-0.15, -0.1) is 0 Å². The maximum Gasteiger partial charge on any atom is 0.455 e. The van der Waals surface area contributed by atoms with Crippen LogP contribution < -0.4 is 10.1 Å². The fourth-order valence-electron chi connectivity index (χ4n) is 2.31. The highest BCUT2D eigenvalue weighted by Gasteiger charge is 2.39. The lowest BCUT2D eigenvalue weighted by molar-refractivity contribution is 0.104. The molecule has 0 saturated carbocycles. The first kappa shape index (κ1) is 12.9. The summed E-state index contributed by atoms with van der Waals surface area (Å²) in [6.07, 6.45) is 0. The molecule has 0 bridgehead atoms. The number of benzene rings is 2. The van der Waals surface area contributed by atoms with E-state index >= 15 is 0 Å². The van der Waals surface area contributed by atoms with Gasteiger partial charge in [-0.05, 0) is 24.3 Å². The number of rotatable bonds is 3. The van der Waals surface area contributed by atoms with E-state index in [1.165, 1.54) is 0 Å². The Labute approximate surface area is 121 Å². The Hall–Kier alpha value is -3.13. The van der Waals surface area contributed by atoms with E-state index in [1.54, 1.807) is 31.4 Å². The molecule has 0 fully saturated rings. The number of diazo groups is 1. The Kier molecular flexibility index (Phi) is 3.13. The molecule has 0 atom stereocenters. The van der Waals surface area contributed by atoms with Gasteiger partial charge in [-0.2, -0.15) is 0 Å². The molecule has 2 aromatic rings. The predicted molar refractivity (Wildman–Crippen MR) is 79.4 cm³/mol. The molecule has 3 rings (SSSR count). The van der Waals surface area contributed by atoms with Gasteiger partial charge in [0, 0.05) is 16.8 Å². The number of hydrogen-bond donors (Lipinski definition) is 1. The molecule has 0 saturated heterocycles. The lowest BCUT2D eigenvalue weighted by atomic mass is 10.1. The molecular weight excluding hydrogens is 266 g/mol. The van der Waals surface area contributed by atoms with Gasteiger partial charge in [0.1, 0.15) is 11.4 Å². The second-order valence-electron chi connectivity index (χ2n) is 4.55. The van der Waals surface area contributed by atoms with Crippen molar-refractivity contribution in [3.8, 4) is 5.75 Å². The molecular formula is C16H12N3O2+. The third kappa shape index (κ3) is 2.13. The zero-order valence-electron chi connectivity index (χ0n) is 11.3. The molecule has 0 aliphatic heterocycles. The van der Waals surface area contributed by atoms with Gasteiger partial charge in [0.25, 0.3) is 5.78 Å². The number of nitrogens with one attached hydrogen (secondary N) is 1. The number of carbonyl (C=O) groups excluding carboxylic acids is 1. The summed E-state index contributed by atoms with van der Waals surface area (Å²) in [6.45, 7) is 0. The Morgan fingerprint density at radius 3 is 2.33 bits per heavy atom. The summed E-state index contributed by atoms with van der Waals surface area (Å²) in [5, 5.41) is 12.3. The summed E-state index contributed by atoms with van der Waals surface area (Å²) in [6, 6.07) is 14.4. The van der Waals surface area contributed by atoms with Crippen molar-refractivity contribution < 1.29 is 9.53 Å². The van der Waals surface area contributed by atoms with Gasteiger partial charge in [0.15, 0.2) is 4.98 Å². The van der Waals surface area contributed by atoms with Gasteiger partial charge in [-0.1, -0.05) is 24.3 Å². The fraction of sp³-hybridized carbons (Fsp3) is 0.0625. The summed E-state index contributed by atoms with van der Waals surface area (Å²) < 4.78 is 5.10. The van der Waals surface area contributed by atoms with Crippen LogP contribution in [0.2, 0.25) is 0 Å². The number of Topliss-reactive ketones (excluding diaryl/α,β-unsaturated/α-hetero) is 1. The van der Waals surface area contributed by atoms with Crippen LogP contribution >= 0.6 is 0 Å². The van der Waals surface area contributed by atoms with Crippen LogP contribution in [-0.2, 0) is 0 Å². The summed E-state index contributed by atoms with van der Waals surface area (Å²) in [5.74, 6) is 0.452. The molecule has 5 nitrogen and oxygen atoms in total. The molecule has 1 aliphatic rings. The number of carbonyl (C=O) groups is 1. The van der Waals surface area contributed by atoms with Crippen LogP contribution in [0.4, 0.5) is 5.69 Å². The van der Waals surface area contributed by atoms with Crippen LogP contribution in [-0.4, -0.2) is 12.9 Å². The lowest BCUT2D eigenvalue weighted by Crippen LogP contribution is -1.99. The zero-order valence-corrected chi connectivity index (χ0v) is 11.3. The molecule has 1 N–H and O–H groups in total. The average Bonchev–Trinajstić information content (AvgIpc) is 2.80. The van der Waals surface area contributed by atoms with Crippen LogP contribution in [0.15, 0.2) is 54.2 Å². The lowest BCUT2D eigenvalue weighted by Gasteiger charge is -2.07. The van der Waals surface area contributed by atoms with E-state index in [2.05, 4.69) is 10.3 Å². The van der Waals surface area contributed by atoms with Crippen LogP contribution in [0.3, 0.4) is 0 Å². The number of hydrogen-bond acceptors (Lipinski definition) is 4. The Bertz CT molecular complexity index is 786. The molecule has 102 valence electrons. The van der Waals surface area contributed by atoms with Crippen molar-refractivity contribution in [2.75, 3.05) is 12.4 Å². The number of ether oxygens (including phenoxy) is 1. The van der Waals surface area contributed by atoms with Crippen LogP contribution in [0, 0.1) is 5.39 Å². The summed E-state index contributed by atoms with van der Waals surface area (Å²) in [5.41, 5.74) is 2.55. The maximum absolute atomic E-state index is 12.2. The third-order valence-electron chi connectivity index (χ3n) is 3.35. The quantitative estimate of drug-likeness (QED) is 0.872. The van der Waals surface area contributed by atoms with Crippen molar-refractivity contribution in [2.24, 2.45) is 0 Å². The number of ketones is 1. The van der Waals surface area contributed by atoms with Gasteiger partial charge in [-0.3, -0.25) is 4.79 Å². The normalized spacial score (nSPS) is 12.9. The van der Waals surface area contributed by atoms with E-state index in [9.17, 15) is 4.79 Å². The number of allylic oxidation sites excluding steroid dienone is 1. The van der Waals surface area contributed by atoms with Gasteiger partial charge in [0.05, 0.1) is 7.11 Å². The molecule has 0 amide bonds. The van der Waals surface area contributed by atoms with Gasteiger partial charge < -0.3 is 10.1 Å². The first-order valence-electron chi connectivity index (χ1n) is 6.39. The van der Waals surface area contributed by atoms with Crippen LogP contribution in [0.5, 0.6) is 5.75 Å². The molecule has 0 aromatic heterocycles. The minimum absolute atomic E-state index is 0.0204. The second kappa shape index (κ2) is 5.10. The Morgan fingerprint density at radius 1 is 1.05 bits per heavy atom. The smallest absolute Gasteiger partial charge is 0.455 e. The minimum atomic E-state index is -0.288. The van der Waals surface area contributed by atoms with Crippen LogP contribution in [0.25, 0.3) is 10.7 Å². The molecule has 0 spiro atoms. The van der Waals surface area contributed by atoms with E-state index < -0.39 is 0 Å². The maximum atomic E-state index is 12.2. The molecule has 2 aromatic carbocycles. The van der Waals surface area contributed by atoms with Crippen molar-refractivity contribution in [3.05, 3.63) is 70.3 Å². The second-order valence-corrected chi connectivity index (χ2v) is 4.55. The predicted octanol–water partition coefficient (Wildman–Crippen LogP) is 3.53. The number of fused-ring (bicyclic) bond motifs is 1. The largest absolute Gasteiger partial charge is 0.497 e. The first-order chi connectivity index (χ1) is 10.2. The van der Waals surface area contributed by atoms with E-state index in [4.69, 9.17) is 10.1 Å². The first-order valence-corrected chi connectivity index (χ1v) is 6.39. The number of methoxy groups -OCH3 is 1. The summed E-state index contributed by atoms with van der Waals surface area (Å²) in [4.78, 5) is 15.3. The summed E-state index contributed by atoms with van der Waals surface area (Å²) in [7, 11) is 1.60. The Balaban J connectivity index is 2.01. The van der Waals surface area contributed by atoms with E-state index in [-0.39, 0.29) is 11.5 Å². The van der Waals surface area contributed by atoms with Crippen molar-refractivity contribution in [2.45, 2.75) is 0 Å². The highest BCUT2D eigenvalue weighted by atomic mass is 16.5. The van der Waals surface area contributed by atoms with Crippen molar-refractivity contribution in [1.82, 2.24) is 0 Å². The topological polar surface area (TPSA) is 66.5 Å². The average molecular weight is 278 g/mol. The monoisotopic (exact) mass is 278 g/mol. The fourth-order valence-corrected chi connectivity index (χ4v) is 2.31. The molecule has 21 heavy (non-hydrogen) atoms. The van der Waals surface area contributed by atoms with E-state index in [0.717, 1.165) is 17.0 Å². The Morgan fingerprint density at radius 2 is 1.71 bits per heavy atom. The molecule has 0 radical (unpaired) electrons. The molecule has 0 unspecified atom stereocenters. The summed E-state index contributed by atoms with van der Waals surface area (Å²) >= 11 is 0. The van der Waals surface area contributed by atoms with E-state index in [1.807, 2.05) is 24.3 Å². The van der Waals surface area contributed by atoms with Gasteiger partial charge in [-0.25, -0.2) is 0 Å². The zero-order chi connectivity index (χ0) is 14.8. The third-order valence-corrected chi connectivity index (χ3v) is 3.35. The number of anilines is 1. The SMILES string of the molecule is COc1ccc(NC2=C([N+]#N)C(=O)c3ccccc32)cc1. The standard InChI is InChI=1S/C16H11N3O2/c1-21-11-8-6-10(7-9-11)18-14-12-4-2-3-5-13(12)16(20)15(14)19-17/h2-9H,1H3/p+1. The van der Waals surface area contributed by atoms with Gasteiger partial charge >= 0.3 is 5.70 Å².